The lowest BCUT2D eigenvalue weighted by molar-refractivity contribution is 0.414. The molecule has 21 heavy (non-hydrogen) atoms. The van der Waals surface area contributed by atoms with Gasteiger partial charge in [0.1, 0.15) is 23.2 Å². The summed E-state index contributed by atoms with van der Waals surface area (Å²) in [6, 6.07) is 14.0. The van der Waals surface area contributed by atoms with Crippen LogP contribution >= 0.6 is 0 Å². The van der Waals surface area contributed by atoms with Crippen LogP contribution in [0.25, 0.3) is 5.65 Å². The lowest BCUT2D eigenvalue weighted by Crippen LogP contribution is -1.94. The second kappa shape index (κ2) is 5.29. The van der Waals surface area contributed by atoms with E-state index >= 15 is 0 Å². The quantitative estimate of drug-likeness (QED) is 0.739. The molecule has 0 aliphatic rings. The molecule has 0 aliphatic heterocycles. The van der Waals surface area contributed by atoms with Crippen LogP contribution in [0.2, 0.25) is 0 Å². The van der Waals surface area contributed by atoms with Gasteiger partial charge >= 0.3 is 0 Å². The number of rotatable bonds is 3. The number of benzene rings is 1. The van der Waals surface area contributed by atoms with Crippen molar-refractivity contribution in [3.8, 4) is 11.8 Å². The molecule has 0 spiro atoms. The van der Waals surface area contributed by atoms with Gasteiger partial charge < -0.3 is 4.74 Å². The largest absolute Gasteiger partial charge is 0.497 e. The van der Waals surface area contributed by atoms with Crippen LogP contribution in [0.15, 0.2) is 42.6 Å². The minimum atomic E-state index is 0.594. The highest BCUT2D eigenvalue weighted by atomic mass is 16.5. The standard InChI is InChI=1S/C17H15N3O/c1-12-6-7-17-19-15(16(10-18)20(17)11-12)9-13-4-3-5-14(8-13)21-2/h3-8,11H,9H2,1-2H3. The third kappa shape index (κ3) is 2.46. The molecule has 2 heterocycles. The van der Waals surface area contributed by atoms with E-state index in [0.29, 0.717) is 12.1 Å². The van der Waals surface area contributed by atoms with Crippen molar-refractivity contribution >= 4 is 5.65 Å². The second-order valence-electron chi connectivity index (χ2n) is 4.98. The number of nitriles is 1. The van der Waals surface area contributed by atoms with Gasteiger partial charge in [-0.05, 0) is 36.2 Å². The van der Waals surface area contributed by atoms with E-state index in [9.17, 15) is 5.26 Å². The molecule has 0 unspecified atom stereocenters. The van der Waals surface area contributed by atoms with Crippen molar-refractivity contribution in [3.05, 3.63) is 65.1 Å². The number of ether oxygens (including phenoxy) is 1. The minimum Gasteiger partial charge on any atom is -0.497 e. The summed E-state index contributed by atoms with van der Waals surface area (Å²) in [5.74, 6) is 0.811. The van der Waals surface area contributed by atoms with Crippen LogP contribution in [0.1, 0.15) is 22.5 Å². The topological polar surface area (TPSA) is 50.3 Å². The highest BCUT2D eigenvalue weighted by Crippen LogP contribution is 2.19. The number of pyridine rings is 1. The molecule has 2 aromatic heterocycles. The van der Waals surface area contributed by atoms with E-state index in [4.69, 9.17) is 4.74 Å². The molecular formula is C17H15N3O. The normalized spacial score (nSPS) is 10.5. The Balaban J connectivity index is 2.06. The van der Waals surface area contributed by atoms with Crippen molar-refractivity contribution < 1.29 is 4.74 Å². The van der Waals surface area contributed by atoms with Gasteiger partial charge in [-0.2, -0.15) is 5.26 Å². The number of methoxy groups -OCH3 is 1. The highest BCUT2D eigenvalue weighted by molar-refractivity contribution is 5.49. The molecule has 0 fully saturated rings. The fourth-order valence-corrected chi connectivity index (χ4v) is 2.42. The number of hydrogen-bond donors (Lipinski definition) is 0. The molecule has 0 saturated heterocycles. The third-order valence-electron chi connectivity index (χ3n) is 3.45. The molecule has 4 heteroatoms. The molecular weight excluding hydrogens is 262 g/mol. The Hall–Kier alpha value is -2.80. The Morgan fingerprint density at radius 1 is 1.29 bits per heavy atom. The van der Waals surface area contributed by atoms with Crippen LogP contribution in [0.5, 0.6) is 5.75 Å². The first kappa shape index (κ1) is 13.2. The third-order valence-corrected chi connectivity index (χ3v) is 3.45. The van der Waals surface area contributed by atoms with Crippen molar-refractivity contribution in [2.45, 2.75) is 13.3 Å². The van der Waals surface area contributed by atoms with Crippen molar-refractivity contribution in [1.82, 2.24) is 9.38 Å². The van der Waals surface area contributed by atoms with E-state index in [-0.39, 0.29) is 0 Å². The van der Waals surface area contributed by atoms with Gasteiger partial charge in [-0.3, -0.25) is 4.40 Å². The smallest absolute Gasteiger partial charge is 0.148 e. The SMILES string of the molecule is COc1cccc(Cc2nc3ccc(C)cn3c2C#N)c1. The Kier molecular flexibility index (Phi) is 3.33. The Morgan fingerprint density at radius 2 is 2.14 bits per heavy atom. The molecule has 0 N–H and O–H groups in total. The lowest BCUT2D eigenvalue weighted by Gasteiger charge is -2.03. The van der Waals surface area contributed by atoms with Crippen molar-refractivity contribution in [3.63, 3.8) is 0 Å². The van der Waals surface area contributed by atoms with Crippen molar-refractivity contribution in [1.29, 1.82) is 5.26 Å². The average molecular weight is 277 g/mol. The molecule has 1 aromatic carbocycles. The summed E-state index contributed by atoms with van der Waals surface area (Å²) in [6.07, 6.45) is 2.55. The van der Waals surface area contributed by atoms with Gasteiger partial charge in [-0.25, -0.2) is 4.98 Å². The first-order valence-electron chi connectivity index (χ1n) is 6.72. The number of hydrogen-bond acceptors (Lipinski definition) is 3. The maximum absolute atomic E-state index is 9.44. The first-order chi connectivity index (χ1) is 10.2. The lowest BCUT2D eigenvalue weighted by atomic mass is 10.1. The van der Waals surface area contributed by atoms with Gasteiger partial charge in [0.25, 0.3) is 0 Å². The van der Waals surface area contributed by atoms with E-state index in [2.05, 4.69) is 11.1 Å². The molecule has 3 rings (SSSR count). The summed E-state index contributed by atoms with van der Waals surface area (Å²) in [5, 5.41) is 9.44. The van der Waals surface area contributed by atoms with Crippen LogP contribution in [0.3, 0.4) is 0 Å². The maximum atomic E-state index is 9.44. The molecule has 0 radical (unpaired) electrons. The van der Waals surface area contributed by atoms with Crippen LogP contribution in [0, 0.1) is 18.3 Å². The minimum absolute atomic E-state index is 0.594. The van der Waals surface area contributed by atoms with E-state index < -0.39 is 0 Å². The van der Waals surface area contributed by atoms with E-state index in [1.807, 2.05) is 53.9 Å². The van der Waals surface area contributed by atoms with Gasteiger partial charge in [-0.1, -0.05) is 18.2 Å². The zero-order chi connectivity index (χ0) is 14.8. The number of fused-ring (bicyclic) bond motifs is 1. The first-order valence-corrected chi connectivity index (χ1v) is 6.72. The van der Waals surface area contributed by atoms with Gasteiger partial charge in [0, 0.05) is 12.6 Å². The van der Waals surface area contributed by atoms with Crippen molar-refractivity contribution in [2.75, 3.05) is 7.11 Å². The fraction of sp³-hybridized carbons (Fsp3) is 0.176. The van der Waals surface area contributed by atoms with E-state index in [0.717, 1.165) is 28.2 Å². The molecule has 0 aliphatic carbocycles. The van der Waals surface area contributed by atoms with Crippen LogP contribution < -0.4 is 4.74 Å². The van der Waals surface area contributed by atoms with Crippen LogP contribution in [-0.2, 0) is 6.42 Å². The Labute approximate surface area is 123 Å². The molecule has 0 saturated carbocycles. The molecule has 0 atom stereocenters. The Morgan fingerprint density at radius 3 is 2.90 bits per heavy atom. The molecule has 104 valence electrons. The zero-order valence-electron chi connectivity index (χ0n) is 12.0. The summed E-state index contributed by atoms with van der Waals surface area (Å²) in [7, 11) is 1.65. The summed E-state index contributed by atoms with van der Waals surface area (Å²) < 4.78 is 7.09. The number of imidazole rings is 1. The number of nitrogens with zero attached hydrogens (tertiary/aromatic N) is 3. The van der Waals surface area contributed by atoms with Crippen LogP contribution in [0.4, 0.5) is 0 Å². The summed E-state index contributed by atoms with van der Waals surface area (Å²) >= 11 is 0. The summed E-state index contributed by atoms with van der Waals surface area (Å²) in [6.45, 7) is 2.00. The molecule has 4 nitrogen and oxygen atoms in total. The zero-order valence-corrected chi connectivity index (χ0v) is 12.0. The predicted octanol–water partition coefficient (Wildman–Crippen LogP) is 3.11. The number of aryl methyl sites for hydroxylation is 1. The van der Waals surface area contributed by atoms with Crippen molar-refractivity contribution in [2.24, 2.45) is 0 Å². The van der Waals surface area contributed by atoms with Crippen LogP contribution in [-0.4, -0.2) is 16.5 Å². The average Bonchev–Trinajstić information content (AvgIpc) is 2.83. The predicted molar refractivity (Wildman–Crippen MR) is 80.4 cm³/mol. The fourth-order valence-electron chi connectivity index (χ4n) is 2.42. The van der Waals surface area contributed by atoms with E-state index in [1.54, 1.807) is 7.11 Å². The summed E-state index contributed by atoms with van der Waals surface area (Å²) in [5.41, 5.74) is 4.36. The van der Waals surface area contributed by atoms with Gasteiger partial charge in [0.05, 0.1) is 12.8 Å². The van der Waals surface area contributed by atoms with Gasteiger partial charge in [-0.15, -0.1) is 0 Å². The monoisotopic (exact) mass is 277 g/mol. The Bertz CT molecular complexity index is 843. The van der Waals surface area contributed by atoms with E-state index in [1.165, 1.54) is 0 Å². The highest BCUT2D eigenvalue weighted by Gasteiger charge is 2.12. The molecule has 0 amide bonds. The van der Waals surface area contributed by atoms with Gasteiger partial charge in [0.15, 0.2) is 0 Å². The summed E-state index contributed by atoms with van der Waals surface area (Å²) in [4.78, 5) is 4.58. The second-order valence-corrected chi connectivity index (χ2v) is 4.98. The number of aromatic nitrogens is 2. The molecule has 3 aromatic rings. The van der Waals surface area contributed by atoms with Gasteiger partial charge in [0.2, 0.25) is 0 Å². The molecule has 0 bridgehead atoms. The maximum Gasteiger partial charge on any atom is 0.148 e.